The highest BCUT2D eigenvalue weighted by Crippen LogP contribution is 2.32. The van der Waals surface area contributed by atoms with Crippen molar-refractivity contribution in [3.05, 3.63) is 45.3 Å². The van der Waals surface area contributed by atoms with Gasteiger partial charge in [-0.2, -0.15) is 0 Å². The average molecular weight is 257 g/mol. The van der Waals surface area contributed by atoms with Crippen LogP contribution < -0.4 is 0 Å². The van der Waals surface area contributed by atoms with Crippen LogP contribution in [-0.4, -0.2) is 4.92 Å². The van der Waals surface area contributed by atoms with Gasteiger partial charge in [0, 0.05) is 16.1 Å². The first-order chi connectivity index (χ1) is 6.32. The molecule has 0 aliphatic rings. The number of hydrogen-bond donors (Lipinski definition) is 0. The lowest BCUT2D eigenvalue weighted by atomic mass is 9.86. The summed E-state index contributed by atoms with van der Waals surface area (Å²) in [4.78, 5) is 10.4. The molecule has 4 heteroatoms. The molecule has 0 saturated carbocycles. The van der Waals surface area contributed by atoms with Gasteiger partial charge in [0.15, 0.2) is 0 Å². The molecule has 0 fully saturated rings. The highest BCUT2D eigenvalue weighted by molar-refractivity contribution is 9.10. The van der Waals surface area contributed by atoms with Crippen LogP contribution in [-0.2, 0) is 5.41 Å². The van der Waals surface area contributed by atoms with Crippen molar-refractivity contribution in [3.8, 4) is 0 Å². The summed E-state index contributed by atoms with van der Waals surface area (Å²) in [5.41, 5.74) is 0.299. The summed E-state index contributed by atoms with van der Waals surface area (Å²) < 4.78 is 0.706. The molecule has 0 saturated heterocycles. The summed E-state index contributed by atoms with van der Waals surface area (Å²) in [6.45, 7) is 7.59. The van der Waals surface area contributed by atoms with E-state index in [1.807, 2.05) is 13.8 Å². The van der Waals surface area contributed by atoms with E-state index in [1.54, 1.807) is 12.1 Å². The summed E-state index contributed by atoms with van der Waals surface area (Å²) in [5.74, 6) is 0. The maximum absolute atomic E-state index is 10.8. The number of halogens is 1. The van der Waals surface area contributed by atoms with E-state index in [1.165, 1.54) is 6.07 Å². The fourth-order valence-electron chi connectivity index (χ4n) is 1.23. The molecular weight excluding hydrogens is 246 g/mol. The zero-order valence-electron chi connectivity index (χ0n) is 8.08. The first kappa shape index (κ1) is 11.2. The largest absolute Gasteiger partial charge is 0.274 e. The molecule has 0 heterocycles. The first-order valence-electron chi connectivity index (χ1n) is 4.12. The Balaban J connectivity index is 3.37. The summed E-state index contributed by atoms with van der Waals surface area (Å²) in [6, 6.07) is 5.02. The van der Waals surface area contributed by atoms with Crippen LogP contribution in [0.5, 0.6) is 0 Å². The maximum atomic E-state index is 10.8. The van der Waals surface area contributed by atoms with Gasteiger partial charge in [-0.15, -0.1) is 0 Å². The summed E-state index contributed by atoms with van der Waals surface area (Å²) >= 11 is 3.21. The molecule has 1 rings (SSSR count). The lowest BCUT2D eigenvalue weighted by Gasteiger charge is -2.18. The molecule has 0 amide bonds. The third-order valence-electron chi connectivity index (χ3n) is 1.89. The average Bonchev–Trinajstić information content (AvgIpc) is 2.01. The van der Waals surface area contributed by atoms with Crippen LogP contribution in [0.15, 0.2) is 22.7 Å². The van der Waals surface area contributed by atoms with E-state index in [0.717, 1.165) is 0 Å². The molecule has 1 aromatic carbocycles. The Morgan fingerprint density at radius 3 is 2.50 bits per heavy atom. The van der Waals surface area contributed by atoms with Gasteiger partial charge in [0.25, 0.3) is 5.69 Å². The molecule has 0 aromatic heterocycles. The van der Waals surface area contributed by atoms with E-state index in [2.05, 4.69) is 22.9 Å². The summed E-state index contributed by atoms with van der Waals surface area (Å²) in [6.07, 6.45) is 0. The number of nitro benzene ring substituents is 1. The minimum Gasteiger partial charge on any atom is -0.258 e. The topological polar surface area (TPSA) is 43.1 Å². The summed E-state index contributed by atoms with van der Waals surface area (Å²) in [5, 5.41) is 10.8. The van der Waals surface area contributed by atoms with Crippen molar-refractivity contribution < 1.29 is 4.92 Å². The minimum atomic E-state index is -0.455. The quantitative estimate of drug-likeness (QED) is 0.601. The van der Waals surface area contributed by atoms with Crippen molar-refractivity contribution in [2.24, 2.45) is 0 Å². The van der Waals surface area contributed by atoms with Crippen LogP contribution in [0.25, 0.3) is 0 Å². The first-order valence-corrected chi connectivity index (χ1v) is 4.91. The van der Waals surface area contributed by atoms with Crippen LogP contribution >= 0.6 is 15.9 Å². The minimum absolute atomic E-state index is 0.111. The smallest absolute Gasteiger partial charge is 0.258 e. The van der Waals surface area contributed by atoms with Crippen molar-refractivity contribution in [1.29, 1.82) is 0 Å². The highest BCUT2D eigenvalue weighted by Gasteiger charge is 2.24. The molecule has 75 valence electrons. The highest BCUT2D eigenvalue weighted by atomic mass is 79.9. The van der Waals surface area contributed by atoms with Crippen LogP contribution in [0.2, 0.25) is 0 Å². The third-order valence-corrected chi connectivity index (χ3v) is 2.38. The van der Waals surface area contributed by atoms with Gasteiger partial charge in [-0.3, -0.25) is 10.1 Å². The number of nitrogens with zero attached hydrogens (tertiary/aromatic N) is 1. The van der Waals surface area contributed by atoms with E-state index < -0.39 is 5.41 Å². The Bertz CT molecular complexity index is 369. The number of nitro groups is 1. The Labute approximate surface area is 91.4 Å². The van der Waals surface area contributed by atoms with Gasteiger partial charge < -0.3 is 0 Å². The number of rotatable bonds is 2. The molecule has 3 nitrogen and oxygen atoms in total. The zero-order chi connectivity index (χ0) is 10.9. The van der Waals surface area contributed by atoms with E-state index in [4.69, 9.17) is 0 Å². The molecular formula is C10H11BrNO2. The van der Waals surface area contributed by atoms with Crippen LogP contribution in [0, 0.1) is 17.0 Å². The molecule has 0 spiro atoms. The predicted octanol–water partition coefficient (Wildman–Crippen LogP) is 3.47. The fraction of sp³-hybridized carbons (Fsp3) is 0.300. The van der Waals surface area contributed by atoms with Gasteiger partial charge in [-0.25, -0.2) is 0 Å². The van der Waals surface area contributed by atoms with Crippen LogP contribution in [0.1, 0.15) is 19.4 Å². The number of hydrogen-bond acceptors (Lipinski definition) is 2. The van der Waals surface area contributed by atoms with E-state index >= 15 is 0 Å². The van der Waals surface area contributed by atoms with Gasteiger partial charge in [-0.05, 0) is 18.4 Å². The molecule has 0 N–H and O–H groups in total. The molecule has 14 heavy (non-hydrogen) atoms. The SMILES string of the molecule is [CH2]C(C)(C)c1ccc(Br)cc1[N+](=O)[O-]. The van der Waals surface area contributed by atoms with E-state index in [-0.39, 0.29) is 10.6 Å². The molecule has 0 bridgehead atoms. The monoisotopic (exact) mass is 256 g/mol. The maximum Gasteiger partial charge on any atom is 0.274 e. The molecule has 0 aliphatic carbocycles. The Hall–Kier alpha value is -0.900. The zero-order valence-corrected chi connectivity index (χ0v) is 9.67. The second-order valence-corrected chi connectivity index (χ2v) is 4.72. The second-order valence-electron chi connectivity index (χ2n) is 3.80. The molecule has 0 unspecified atom stereocenters. The lowest BCUT2D eigenvalue weighted by molar-refractivity contribution is -0.386. The van der Waals surface area contributed by atoms with Crippen molar-refractivity contribution in [2.45, 2.75) is 19.3 Å². The van der Waals surface area contributed by atoms with Gasteiger partial charge >= 0.3 is 0 Å². The Morgan fingerprint density at radius 1 is 1.50 bits per heavy atom. The molecule has 0 atom stereocenters. The molecule has 1 aromatic rings. The van der Waals surface area contributed by atoms with Gasteiger partial charge in [0.2, 0.25) is 0 Å². The van der Waals surface area contributed by atoms with Crippen LogP contribution in [0.4, 0.5) is 5.69 Å². The fourth-order valence-corrected chi connectivity index (χ4v) is 1.58. The van der Waals surface area contributed by atoms with E-state index in [0.29, 0.717) is 10.0 Å². The van der Waals surface area contributed by atoms with Crippen molar-refractivity contribution >= 4 is 21.6 Å². The standard InChI is InChI=1S/C10H11BrNO2/c1-10(2,3)8-5-4-7(11)6-9(8)12(13)14/h4-6H,1H2,2-3H3. The van der Waals surface area contributed by atoms with Crippen molar-refractivity contribution in [1.82, 2.24) is 0 Å². The van der Waals surface area contributed by atoms with Crippen molar-refractivity contribution in [3.63, 3.8) is 0 Å². The second kappa shape index (κ2) is 3.69. The number of benzene rings is 1. The van der Waals surface area contributed by atoms with Crippen molar-refractivity contribution in [2.75, 3.05) is 0 Å². The molecule has 0 aliphatic heterocycles. The van der Waals surface area contributed by atoms with Gasteiger partial charge in [-0.1, -0.05) is 35.8 Å². The van der Waals surface area contributed by atoms with E-state index in [9.17, 15) is 10.1 Å². The predicted molar refractivity (Wildman–Crippen MR) is 59.2 cm³/mol. The normalized spacial score (nSPS) is 11.4. The lowest BCUT2D eigenvalue weighted by Crippen LogP contribution is -2.14. The van der Waals surface area contributed by atoms with Gasteiger partial charge in [0.05, 0.1) is 4.92 Å². The Kier molecular flexibility index (Phi) is 2.95. The van der Waals surface area contributed by atoms with Crippen LogP contribution in [0.3, 0.4) is 0 Å². The molecule has 1 radical (unpaired) electrons. The third kappa shape index (κ3) is 2.32. The van der Waals surface area contributed by atoms with Gasteiger partial charge in [0.1, 0.15) is 0 Å². The summed E-state index contributed by atoms with van der Waals surface area (Å²) in [7, 11) is 0. The Morgan fingerprint density at radius 2 is 2.07 bits per heavy atom.